The van der Waals surface area contributed by atoms with Gasteiger partial charge in [-0.2, -0.15) is 0 Å². The molecule has 3 nitrogen and oxygen atoms in total. The molecule has 1 N–H and O–H groups in total. The fourth-order valence-corrected chi connectivity index (χ4v) is 1.56. The second-order valence-electron chi connectivity index (χ2n) is 3.95. The molecule has 1 saturated heterocycles. The molecule has 1 atom stereocenters. The number of hydrogen-bond donors (Lipinski definition) is 1. The standard InChI is InChI=1S/C10H20N2O/c1-9(7-11)13-8-10-3-5-12(2)6-4-10/h7,9-11H,3-6,8H2,1-2H3. The highest BCUT2D eigenvalue weighted by molar-refractivity contribution is 5.58. The maximum atomic E-state index is 7.00. The minimum Gasteiger partial charge on any atom is -0.373 e. The molecule has 1 aliphatic rings. The number of nitrogens with zero attached hydrogens (tertiary/aromatic N) is 1. The lowest BCUT2D eigenvalue weighted by Crippen LogP contribution is -2.32. The first-order valence-electron chi connectivity index (χ1n) is 5.03. The molecule has 0 aromatic heterocycles. The molecule has 76 valence electrons. The van der Waals surface area contributed by atoms with E-state index in [0.717, 1.165) is 6.61 Å². The second-order valence-corrected chi connectivity index (χ2v) is 3.95. The van der Waals surface area contributed by atoms with Gasteiger partial charge >= 0.3 is 0 Å². The van der Waals surface area contributed by atoms with Crippen LogP contribution >= 0.6 is 0 Å². The first-order chi connectivity index (χ1) is 6.22. The summed E-state index contributed by atoms with van der Waals surface area (Å²) in [4.78, 5) is 2.36. The smallest absolute Gasteiger partial charge is 0.0891 e. The lowest BCUT2D eigenvalue weighted by Gasteiger charge is -2.29. The van der Waals surface area contributed by atoms with Crippen LogP contribution in [0.25, 0.3) is 0 Å². The average Bonchev–Trinajstić information content (AvgIpc) is 2.16. The van der Waals surface area contributed by atoms with Gasteiger partial charge in [0.2, 0.25) is 0 Å². The Kier molecular flexibility index (Phi) is 4.39. The summed E-state index contributed by atoms with van der Waals surface area (Å²) in [5, 5.41) is 7.00. The molecule has 0 spiro atoms. The molecular weight excluding hydrogens is 164 g/mol. The van der Waals surface area contributed by atoms with E-state index < -0.39 is 0 Å². The van der Waals surface area contributed by atoms with E-state index in [4.69, 9.17) is 10.1 Å². The lowest BCUT2D eigenvalue weighted by atomic mass is 9.98. The van der Waals surface area contributed by atoms with Crippen molar-refractivity contribution < 1.29 is 4.74 Å². The molecule has 0 aromatic carbocycles. The van der Waals surface area contributed by atoms with Crippen molar-refractivity contribution in [3.05, 3.63) is 0 Å². The molecule has 1 aliphatic heterocycles. The van der Waals surface area contributed by atoms with E-state index in [1.54, 1.807) is 0 Å². The average molecular weight is 184 g/mol. The number of ether oxygens (including phenoxy) is 1. The van der Waals surface area contributed by atoms with E-state index in [1.165, 1.54) is 32.1 Å². The van der Waals surface area contributed by atoms with Crippen molar-refractivity contribution in [1.29, 1.82) is 5.41 Å². The van der Waals surface area contributed by atoms with Gasteiger partial charge in [0.05, 0.1) is 12.7 Å². The highest BCUT2D eigenvalue weighted by Gasteiger charge is 2.16. The maximum Gasteiger partial charge on any atom is 0.0891 e. The Bertz CT molecular complexity index is 153. The predicted molar refractivity (Wildman–Crippen MR) is 54.4 cm³/mol. The molecule has 1 rings (SSSR count). The predicted octanol–water partition coefficient (Wildman–Crippen LogP) is 1.38. The van der Waals surface area contributed by atoms with Crippen molar-refractivity contribution in [2.75, 3.05) is 26.7 Å². The monoisotopic (exact) mass is 184 g/mol. The zero-order chi connectivity index (χ0) is 9.68. The quantitative estimate of drug-likeness (QED) is 0.670. The SMILES string of the molecule is CC(C=N)OCC1CCN(C)CC1. The van der Waals surface area contributed by atoms with Gasteiger partial charge in [0.15, 0.2) is 0 Å². The van der Waals surface area contributed by atoms with Crippen LogP contribution < -0.4 is 0 Å². The van der Waals surface area contributed by atoms with Gasteiger partial charge in [-0.1, -0.05) is 0 Å². The normalized spacial score (nSPS) is 22.9. The highest BCUT2D eigenvalue weighted by Crippen LogP contribution is 2.16. The van der Waals surface area contributed by atoms with Gasteiger partial charge in [0.1, 0.15) is 0 Å². The molecule has 0 bridgehead atoms. The Hall–Kier alpha value is -0.410. The van der Waals surface area contributed by atoms with Gasteiger partial charge in [-0.05, 0) is 45.8 Å². The van der Waals surface area contributed by atoms with Gasteiger partial charge < -0.3 is 15.0 Å². The van der Waals surface area contributed by atoms with Crippen LogP contribution in [-0.2, 0) is 4.74 Å². The Balaban J connectivity index is 2.12. The topological polar surface area (TPSA) is 36.3 Å². The largest absolute Gasteiger partial charge is 0.373 e. The van der Waals surface area contributed by atoms with E-state index in [0.29, 0.717) is 5.92 Å². The van der Waals surface area contributed by atoms with E-state index in [1.807, 2.05) is 6.92 Å². The number of hydrogen-bond acceptors (Lipinski definition) is 3. The Morgan fingerprint density at radius 3 is 2.69 bits per heavy atom. The van der Waals surface area contributed by atoms with Gasteiger partial charge in [0.25, 0.3) is 0 Å². The van der Waals surface area contributed by atoms with Crippen molar-refractivity contribution in [2.45, 2.75) is 25.9 Å². The zero-order valence-corrected chi connectivity index (χ0v) is 8.62. The lowest BCUT2D eigenvalue weighted by molar-refractivity contribution is 0.0570. The minimum atomic E-state index is -0.0142. The second kappa shape index (κ2) is 5.35. The van der Waals surface area contributed by atoms with Gasteiger partial charge in [-0.3, -0.25) is 0 Å². The van der Waals surface area contributed by atoms with Crippen LogP contribution in [0.15, 0.2) is 0 Å². The summed E-state index contributed by atoms with van der Waals surface area (Å²) in [6.45, 7) is 5.12. The number of piperidine rings is 1. The van der Waals surface area contributed by atoms with Crippen LogP contribution in [0.4, 0.5) is 0 Å². The molecule has 0 amide bonds. The molecule has 0 radical (unpaired) electrons. The Morgan fingerprint density at radius 2 is 2.15 bits per heavy atom. The van der Waals surface area contributed by atoms with Crippen LogP contribution in [0.3, 0.4) is 0 Å². The van der Waals surface area contributed by atoms with Crippen molar-refractivity contribution in [3.63, 3.8) is 0 Å². The molecule has 0 aliphatic carbocycles. The third-order valence-electron chi connectivity index (χ3n) is 2.67. The summed E-state index contributed by atoms with van der Waals surface area (Å²) in [5.74, 6) is 0.707. The number of likely N-dealkylation sites (tertiary alicyclic amines) is 1. The summed E-state index contributed by atoms with van der Waals surface area (Å²) >= 11 is 0. The molecule has 0 aromatic rings. The molecule has 3 heteroatoms. The zero-order valence-electron chi connectivity index (χ0n) is 8.62. The number of nitrogens with one attached hydrogen (secondary N) is 1. The molecule has 1 unspecified atom stereocenters. The molecule has 1 fully saturated rings. The van der Waals surface area contributed by atoms with Crippen molar-refractivity contribution in [3.8, 4) is 0 Å². The maximum absolute atomic E-state index is 7.00. The van der Waals surface area contributed by atoms with Crippen molar-refractivity contribution in [2.24, 2.45) is 5.92 Å². The minimum absolute atomic E-state index is 0.0142. The third-order valence-corrected chi connectivity index (χ3v) is 2.67. The summed E-state index contributed by atoms with van der Waals surface area (Å²) < 4.78 is 5.50. The van der Waals surface area contributed by atoms with E-state index in [9.17, 15) is 0 Å². The highest BCUT2D eigenvalue weighted by atomic mass is 16.5. The van der Waals surface area contributed by atoms with Crippen molar-refractivity contribution in [1.82, 2.24) is 4.90 Å². The Morgan fingerprint density at radius 1 is 1.54 bits per heavy atom. The van der Waals surface area contributed by atoms with Gasteiger partial charge in [-0.25, -0.2) is 0 Å². The van der Waals surface area contributed by atoms with E-state index >= 15 is 0 Å². The summed E-state index contributed by atoms with van der Waals surface area (Å²) in [6.07, 6.45) is 3.82. The molecule has 13 heavy (non-hydrogen) atoms. The van der Waals surface area contributed by atoms with Crippen LogP contribution in [0, 0.1) is 11.3 Å². The van der Waals surface area contributed by atoms with E-state index in [2.05, 4.69) is 11.9 Å². The summed E-state index contributed by atoms with van der Waals surface area (Å²) in [7, 11) is 2.16. The van der Waals surface area contributed by atoms with Crippen LogP contribution in [0.5, 0.6) is 0 Å². The van der Waals surface area contributed by atoms with E-state index in [-0.39, 0.29) is 6.10 Å². The number of rotatable bonds is 4. The fourth-order valence-electron chi connectivity index (χ4n) is 1.56. The third kappa shape index (κ3) is 3.87. The van der Waals surface area contributed by atoms with Crippen LogP contribution in [0.2, 0.25) is 0 Å². The van der Waals surface area contributed by atoms with Gasteiger partial charge in [0, 0.05) is 6.21 Å². The molecule has 1 heterocycles. The first-order valence-corrected chi connectivity index (χ1v) is 5.03. The Labute approximate surface area is 80.6 Å². The first kappa shape index (κ1) is 10.7. The van der Waals surface area contributed by atoms with Crippen LogP contribution in [-0.4, -0.2) is 44.0 Å². The summed E-state index contributed by atoms with van der Waals surface area (Å²) in [5.41, 5.74) is 0. The van der Waals surface area contributed by atoms with Crippen LogP contribution in [0.1, 0.15) is 19.8 Å². The summed E-state index contributed by atoms with van der Waals surface area (Å²) in [6, 6.07) is 0. The van der Waals surface area contributed by atoms with Crippen molar-refractivity contribution >= 4 is 6.21 Å². The van der Waals surface area contributed by atoms with Gasteiger partial charge in [-0.15, -0.1) is 0 Å². The fraction of sp³-hybridized carbons (Fsp3) is 0.900. The molecule has 0 saturated carbocycles. The molecular formula is C10H20N2O.